The minimum Gasteiger partial charge on any atom is -0.353 e. The van der Waals surface area contributed by atoms with Gasteiger partial charge in [0.1, 0.15) is 4.90 Å². The fraction of sp³-hybridized carbons (Fsp3) is 0.364. The van der Waals surface area contributed by atoms with Gasteiger partial charge in [0.15, 0.2) is 0 Å². The first-order valence-corrected chi connectivity index (χ1v) is 7.30. The van der Waals surface area contributed by atoms with E-state index >= 15 is 0 Å². The minimum absolute atomic E-state index is 0.0777. The van der Waals surface area contributed by atoms with Gasteiger partial charge in [-0.3, -0.25) is 0 Å². The average molecular weight is 288 g/mol. The first-order chi connectivity index (χ1) is 8.29. The number of rotatable bonds is 1. The highest BCUT2D eigenvalue weighted by Crippen LogP contribution is 2.31. The lowest BCUT2D eigenvalue weighted by atomic mass is 10.2. The molecule has 0 saturated heterocycles. The van der Waals surface area contributed by atoms with Crippen LogP contribution in [0.15, 0.2) is 21.4 Å². The van der Waals surface area contributed by atoms with Gasteiger partial charge in [0.05, 0.1) is 5.69 Å². The van der Waals surface area contributed by atoms with Gasteiger partial charge < -0.3 is 10.6 Å². The second kappa shape index (κ2) is 4.44. The molecule has 5 nitrogen and oxygen atoms in total. The van der Waals surface area contributed by atoms with Crippen molar-refractivity contribution in [1.29, 1.82) is 0 Å². The maximum absolute atomic E-state index is 12.0. The first-order valence-electron chi connectivity index (χ1n) is 5.48. The van der Waals surface area contributed by atoms with Crippen molar-refractivity contribution in [1.82, 2.24) is 5.32 Å². The van der Waals surface area contributed by atoms with Gasteiger partial charge in [-0.1, -0.05) is 11.6 Å². The number of anilines is 1. The van der Waals surface area contributed by atoms with Crippen LogP contribution in [0.4, 0.5) is 5.69 Å². The number of nitrogens with one attached hydrogen (secondary N) is 2. The highest BCUT2D eigenvalue weighted by atomic mass is 35.5. The molecular weight excluding hydrogens is 274 g/mol. The highest BCUT2D eigenvalue weighted by Gasteiger charge is 2.26. The third-order valence-electron chi connectivity index (χ3n) is 2.43. The third-order valence-corrected chi connectivity index (χ3v) is 4.15. The summed E-state index contributed by atoms with van der Waals surface area (Å²) < 4.78 is 27.7. The van der Waals surface area contributed by atoms with Crippen LogP contribution < -0.4 is 10.6 Å². The summed E-state index contributed by atoms with van der Waals surface area (Å²) in [5.74, 6) is 0.220. The summed E-state index contributed by atoms with van der Waals surface area (Å²) in [5.41, 5.74) is 1.15. The van der Waals surface area contributed by atoms with Crippen LogP contribution >= 0.6 is 11.6 Å². The molecule has 1 heterocycles. The van der Waals surface area contributed by atoms with Crippen LogP contribution in [0.25, 0.3) is 0 Å². The van der Waals surface area contributed by atoms with Crippen molar-refractivity contribution in [3.63, 3.8) is 0 Å². The molecule has 1 aliphatic heterocycles. The van der Waals surface area contributed by atoms with E-state index in [-0.39, 0.29) is 16.9 Å². The fourth-order valence-electron chi connectivity index (χ4n) is 1.62. The Morgan fingerprint density at radius 1 is 1.39 bits per heavy atom. The van der Waals surface area contributed by atoms with Crippen molar-refractivity contribution in [2.24, 2.45) is 4.40 Å². The van der Waals surface area contributed by atoms with Crippen molar-refractivity contribution in [3.05, 3.63) is 22.7 Å². The number of nitrogens with zero attached hydrogens (tertiary/aromatic N) is 1. The van der Waals surface area contributed by atoms with E-state index in [4.69, 9.17) is 11.6 Å². The van der Waals surface area contributed by atoms with Gasteiger partial charge >= 0.3 is 0 Å². The van der Waals surface area contributed by atoms with E-state index in [1.165, 1.54) is 6.07 Å². The Kier molecular flexibility index (Phi) is 3.25. The summed E-state index contributed by atoms with van der Waals surface area (Å²) in [5, 5.41) is 6.37. The van der Waals surface area contributed by atoms with Crippen LogP contribution in [-0.4, -0.2) is 20.4 Å². The molecule has 1 aromatic carbocycles. The monoisotopic (exact) mass is 287 g/mol. The molecule has 2 N–H and O–H groups in total. The van der Waals surface area contributed by atoms with Crippen LogP contribution in [-0.2, 0) is 10.0 Å². The Morgan fingerprint density at radius 3 is 2.67 bits per heavy atom. The summed E-state index contributed by atoms with van der Waals surface area (Å²) in [6.07, 6.45) is 0. The van der Waals surface area contributed by atoms with Gasteiger partial charge in [-0.2, -0.15) is 8.42 Å². The quantitative estimate of drug-likeness (QED) is 0.830. The third kappa shape index (κ3) is 2.44. The van der Waals surface area contributed by atoms with Crippen LogP contribution in [0.5, 0.6) is 0 Å². The lowest BCUT2D eigenvalue weighted by molar-refractivity contribution is 0.597. The normalized spacial score (nSPS) is 16.8. The van der Waals surface area contributed by atoms with Crippen molar-refractivity contribution < 1.29 is 8.42 Å². The topological polar surface area (TPSA) is 70.6 Å². The van der Waals surface area contributed by atoms with E-state index < -0.39 is 10.0 Å². The summed E-state index contributed by atoms with van der Waals surface area (Å²) in [6.45, 7) is 5.55. The number of halogens is 1. The zero-order chi connectivity index (χ0) is 13.5. The molecule has 0 atom stereocenters. The van der Waals surface area contributed by atoms with Crippen LogP contribution in [0.1, 0.15) is 19.4 Å². The molecule has 1 aromatic rings. The molecule has 0 saturated carbocycles. The van der Waals surface area contributed by atoms with Crippen molar-refractivity contribution in [2.45, 2.75) is 31.7 Å². The Hall–Kier alpha value is -1.27. The molecule has 0 aromatic heterocycles. The summed E-state index contributed by atoms with van der Waals surface area (Å²) in [7, 11) is -3.67. The highest BCUT2D eigenvalue weighted by molar-refractivity contribution is 7.90. The Labute approximate surface area is 111 Å². The smallest absolute Gasteiger partial charge is 0.287 e. The number of benzene rings is 1. The number of guanidine groups is 1. The van der Waals surface area contributed by atoms with Gasteiger partial charge in [-0.15, -0.1) is 4.40 Å². The molecular formula is C11H14ClN3O2S. The zero-order valence-corrected chi connectivity index (χ0v) is 11.9. The Morgan fingerprint density at radius 2 is 2.06 bits per heavy atom. The van der Waals surface area contributed by atoms with Crippen LogP contribution in [0.2, 0.25) is 5.02 Å². The van der Waals surface area contributed by atoms with Crippen molar-refractivity contribution in [2.75, 3.05) is 5.32 Å². The van der Waals surface area contributed by atoms with E-state index in [1.807, 2.05) is 13.8 Å². The molecule has 0 aliphatic carbocycles. The largest absolute Gasteiger partial charge is 0.353 e. The molecule has 0 unspecified atom stereocenters. The maximum atomic E-state index is 12.0. The van der Waals surface area contributed by atoms with Gasteiger partial charge in [0.25, 0.3) is 10.0 Å². The van der Waals surface area contributed by atoms with E-state index in [9.17, 15) is 8.42 Å². The van der Waals surface area contributed by atoms with E-state index in [1.54, 1.807) is 13.0 Å². The lowest BCUT2D eigenvalue weighted by Crippen LogP contribution is -2.38. The molecule has 98 valence electrons. The second-order valence-electron chi connectivity index (χ2n) is 4.44. The van der Waals surface area contributed by atoms with Crippen molar-refractivity contribution in [3.8, 4) is 0 Å². The molecule has 0 spiro atoms. The number of aryl methyl sites for hydroxylation is 1. The molecule has 1 aliphatic rings. The average Bonchev–Trinajstić information content (AvgIpc) is 2.19. The van der Waals surface area contributed by atoms with Crippen molar-refractivity contribution >= 4 is 33.3 Å². The minimum atomic E-state index is -3.67. The standard InChI is InChI=1S/C11H14ClN3O2S/c1-6(2)13-11-14-9-5-8(12)7(3)4-10(9)18(16,17)15-11/h4-6H,1-3H3,(H2,13,14,15). The number of fused-ring (bicyclic) bond motifs is 1. The molecule has 0 fully saturated rings. The van der Waals surface area contributed by atoms with E-state index in [0.29, 0.717) is 16.3 Å². The second-order valence-corrected chi connectivity index (χ2v) is 6.42. The molecule has 0 bridgehead atoms. The Balaban J connectivity index is 2.52. The number of sulfonamides is 1. The first kappa shape index (κ1) is 13.2. The number of hydrogen-bond donors (Lipinski definition) is 2. The van der Waals surface area contributed by atoms with E-state index in [2.05, 4.69) is 15.0 Å². The zero-order valence-electron chi connectivity index (χ0n) is 10.3. The molecule has 0 radical (unpaired) electrons. The van der Waals surface area contributed by atoms with Gasteiger partial charge in [-0.05, 0) is 38.5 Å². The molecule has 0 amide bonds. The number of hydrogen-bond acceptors (Lipinski definition) is 4. The molecule has 18 heavy (non-hydrogen) atoms. The maximum Gasteiger partial charge on any atom is 0.287 e. The van der Waals surface area contributed by atoms with E-state index in [0.717, 1.165) is 0 Å². The molecule has 7 heteroatoms. The van der Waals surface area contributed by atoms with Crippen LogP contribution in [0.3, 0.4) is 0 Å². The fourth-order valence-corrected chi connectivity index (χ4v) is 2.94. The van der Waals surface area contributed by atoms with Gasteiger partial charge in [0, 0.05) is 11.1 Å². The van der Waals surface area contributed by atoms with Gasteiger partial charge in [0.2, 0.25) is 5.96 Å². The predicted octanol–water partition coefficient (Wildman–Crippen LogP) is 2.12. The van der Waals surface area contributed by atoms with Gasteiger partial charge in [-0.25, -0.2) is 0 Å². The molecule has 2 rings (SSSR count). The lowest BCUT2D eigenvalue weighted by Gasteiger charge is -2.21. The summed E-state index contributed by atoms with van der Waals surface area (Å²) in [6, 6.07) is 3.20. The summed E-state index contributed by atoms with van der Waals surface area (Å²) in [4.78, 5) is 0.152. The van der Waals surface area contributed by atoms with Crippen LogP contribution in [0, 0.1) is 6.92 Å². The Bertz CT molecular complexity index is 623. The summed E-state index contributed by atoms with van der Waals surface area (Å²) >= 11 is 6.00. The predicted molar refractivity (Wildman–Crippen MR) is 72.7 cm³/mol. The SMILES string of the molecule is Cc1cc2c(cc1Cl)NC(NC(C)C)=NS2(=O)=O.